The standard InChI is InChI=1S/C16H18N12O/c1-18-13-11(14(20-6-7-29)24-15(19-2)23-13)25-26-12-10(8-17)9-28(27-12)16-21-4-3-5-22-16/h3-5,9,29H,6-7H2,1-2H3,(H3,18,19,20,23,24). The summed E-state index contributed by atoms with van der Waals surface area (Å²) < 4.78 is 1.34. The Morgan fingerprint density at radius 3 is 2.55 bits per heavy atom. The number of hydrogen-bond donors (Lipinski definition) is 4. The molecule has 0 aliphatic rings. The summed E-state index contributed by atoms with van der Waals surface area (Å²) in [6.07, 6.45) is 4.60. The van der Waals surface area contributed by atoms with Gasteiger partial charge >= 0.3 is 0 Å². The highest BCUT2D eigenvalue weighted by molar-refractivity contribution is 5.75. The van der Waals surface area contributed by atoms with Gasteiger partial charge < -0.3 is 21.1 Å². The van der Waals surface area contributed by atoms with E-state index in [1.165, 1.54) is 10.9 Å². The van der Waals surface area contributed by atoms with Crippen LogP contribution in [0, 0.1) is 11.3 Å². The van der Waals surface area contributed by atoms with Crippen LogP contribution >= 0.6 is 0 Å². The minimum Gasteiger partial charge on any atom is -0.395 e. The minimum atomic E-state index is -0.0928. The molecule has 3 aromatic rings. The van der Waals surface area contributed by atoms with E-state index in [9.17, 15) is 5.26 Å². The molecule has 0 aromatic carbocycles. The molecule has 3 heterocycles. The molecule has 0 fully saturated rings. The van der Waals surface area contributed by atoms with E-state index in [0.29, 0.717) is 29.2 Å². The van der Waals surface area contributed by atoms with E-state index in [2.05, 4.69) is 51.2 Å². The second-order valence-electron chi connectivity index (χ2n) is 5.41. The van der Waals surface area contributed by atoms with E-state index in [1.54, 1.807) is 32.6 Å². The molecule has 0 radical (unpaired) electrons. The Labute approximate surface area is 165 Å². The molecule has 4 N–H and O–H groups in total. The lowest BCUT2D eigenvalue weighted by Crippen LogP contribution is -2.10. The van der Waals surface area contributed by atoms with Crippen LogP contribution < -0.4 is 16.0 Å². The largest absolute Gasteiger partial charge is 0.395 e. The molecule has 0 aliphatic carbocycles. The quantitative estimate of drug-likeness (QED) is 0.407. The third-order valence-corrected chi connectivity index (χ3v) is 3.57. The van der Waals surface area contributed by atoms with Gasteiger partial charge in [0.05, 0.1) is 12.8 Å². The van der Waals surface area contributed by atoms with Gasteiger partial charge in [-0.1, -0.05) is 0 Å². The summed E-state index contributed by atoms with van der Waals surface area (Å²) in [6, 6.07) is 3.69. The Hall–Kier alpha value is -4.18. The lowest BCUT2D eigenvalue weighted by molar-refractivity contribution is 0.311. The van der Waals surface area contributed by atoms with Crippen LogP contribution in [0.2, 0.25) is 0 Å². The summed E-state index contributed by atoms with van der Waals surface area (Å²) in [5.74, 6) is 1.51. The Kier molecular flexibility index (Phi) is 6.18. The van der Waals surface area contributed by atoms with Crippen LogP contribution in [0.5, 0.6) is 0 Å². The molecule has 0 saturated heterocycles. The van der Waals surface area contributed by atoms with Crippen molar-refractivity contribution >= 4 is 29.1 Å². The lowest BCUT2D eigenvalue weighted by atomic mass is 10.4. The van der Waals surface area contributed by atoms with Crippen molar-refractivity contribution in [1.29, 1.82) is 5.26 Å². The van der Waals surface area contributed by atoms with Gasteiger partial charge in [0.25, 0.3) is 5.95 Å². The van der Waals surface area contributed by atoms with Crippen LogP contribution in [0.4, 0.5) is 29.1 Å². The van der Waals surface area contributed by atoms with Crippen LogP contribution in [-0.4, -0.2) is 62.1 Å². The van der Waals surface area contributed by atoms with E-state index >= 15 is 0 Å². The second-order valence-corrected chi connectivity index (χ2v) is 5.41. The normalized spacial score (nSPS) is 10.7. The maximum atomic E-state index is 9.38. The van der Waals surface area contributed by atoms with Gasteiger partial charge in [0.2, 0.25) is 11.8 Å². The van der Waals surface area contributed by atoms with Crippen molar-refractivity contribution in [2.75, 3.05) is 43.2 Å². The van der Waals surface area contributed by atoms with Crippen LogP contribution in [0.3, 0.4) is 0 Å². The van der Waals surface area contributed by atoms with Crippen molar-refractivity contribution in [3.05, 3.63) is 30.2 Å². The topological polar surface area (TPSA) is 174 Å². The molecule has 0 atom stereocenters. The molecule has 0 aliphatic heterocycles. The third kappa shape index (κ3) is 4.39. The number of nitrogens with zero attached hydrogens (tertiary/aromatic N) is 9. The molecule has 3 rings (SSSR count). The van der Waals surface area contributed by atoms with Gasteiger partial charge in [-0.3, -0.25) is 0 Å². The molecule has 0 saturated carbocycles. The fourth-order valence-corrected chi connectivity index (χ4v) is 2.26. The number of azo groups is 1. The summed E-state index contributed by atoms with van der Waals surface area (Å²) in [5.41, 5.74) is 0.499. The molecule has 29 heavy (non-hydrogen) atoms. The number of aliphatic hydroxyl groups is 1. The minimum absolute atomic E-state index is 0.0906. The van der Waals surface area contributed by atoms with Crippen molar-refractivity contribution in [3.63, 3.8) is 0 Å². The van der Waals surface area contributed by atoms with Crippen molar-refractivity contribution in [2.45, 2.75) is 0 Å². The first kappa shape index (κ1) is 19.6. The predicted octanol–water partition coefficient (Wildman–Crippen LogP) is 1.23. The van der Waals surface area contributed by atoms with Crippen molar-refractivity contribution < 1.29 is 5.11 Å². The zero-order valence-electron chi connectivity index (χ0n) is 15.7. The van der Waals surface area contributed by atoms with Crippen LogP contribution in [0.1, 0.15) is 5.56 Å². The fraction of sp³-hybridized carbons (Fsp3) is 0.250. The average Bonchev–Trinajstić information content (AvgIpc) is 3.19. The van der Waals surface area contributed by atoms with E-state index < -0.39 is 0 Å². The van der Waals surface area contributed by atoms with Gasteiger partial charge in [0.1, 0.15) is 11.6 Å². The molecular weight excluding hydrogens is 376 g/mol. The second kappa shape index (κ2) is 9.15. The summed E-state index contributed by atoms with van der Waals surface area (Å²) in [4.78, 5) is 16.8. The fourth-order valence-electron chi connectivity index (χ4n) is 2.26. The smallest absolute Gasteiger partial charge is 0.250 e. The number of rotatable bonds is 8. The Bertz CT molecular complexity index is 1040. The number of nitrogens with one attached hydrogen (secondary N) is 3. The summed E-state index contributed by atoms with van der Waals surface area (Å²) >= 11 is 0. The number of aromatic nitrogens is 6. The van der Waals surface area contributed by atoms with Gasteiger partial charge in [-0.25, -0.2) is 14.6 Å². The Balaban J connectivity index is 2.01. The summed E-state index contributed by atoms with van der Waals surface area (Å²) in [5, 5.41) is 39.7. The summed E-state index contributed by atoms with van der Waals surface area (Å²) in [6.45, 7) is 0.166. The molecular formula is C16H18N12O. The monoisotopic (exact) mass is 394 g/mol. The van der Waals surface area contributed by atoms with Gasteiger partial charge in [0.15, 0.2) is 17.3 Å². The maximum Gasteiger partial charge on any atom is 0.250 e. The molecule has 0 unspecified atom stereocenters. The van der Waals surface area contributed by atoms with Crippen LogP contribution in [0.25, 0.3) is 5.95 Å². The first-order valence-electron chi connectivity index (χ1n) is 8.51. The highest BCUT2D eigenvalue weighted by atomic mass is 16.3. The van der Waals surface area contributed by atoms with Gasteiger partial charge in [0, 0.05) is 33.0 Å². The van der Waals surface area contributed by atoms with Crippen molar-refractivity contribution in [3.8, 4) is 12.0 Å². The number of hydrogen-bond acceptors (Lipinski definition) is 12. The molecule has 13 heteroatoms. The van der Waals surface area contributed by atoms with Crippen molar-refractivity contribution in [2.24, 2.45) is 10.2 Å². The first-order valence-corrected chi connectivity index (χ1v) is 8.51. The van der Waals surface area contributed by atoms with Crippen molar-refractivity contribution in [1.82, 2.24) is 29.7 Å². The van der Waals surface area contributed by atoms with E-state index in [4.69, 9.17) is 5.11 Å². The predicted molar refractivity (Wildman–Crippen MR) is 105 cm³/mol. The lowest BCUT2D eigenvalue weighted by Gasteiger charge is -2.12. The van der Waals surface area contributed by atoms with Gasteiger partial charge in [-0.2, -0.15) is 15.2 Å². The molecule has 0 spiro atoms. The zero-order chi connectivity index (χ0) is 20.6. The maximum absolute atomic E-state index is 9.38. The van der Waals surface area contributed by atoms with Crippen LogP contribution in [-0.2, 0) is 0 Å². The molecule has 0 amide bonds. The Morgan fingerprint density at radius 1 is 1.14 bits per heavy atom. The summed E-state index contributed by atoms with van der Waals surface area (Å²) in [7, 11) is 3.36. The first-order chi connectivity index (χ1) is 14.2. The highest BCUT2D eigenvalue weighted by Gasteiger charge is 2.15. The molecule has 3 aromatic heterocycles. The molecule has 0 bridgehead atoms. The molecule has 13 nitrogen and oxygen atoms in total. The van der Waals surface area contributed by atoms with Gasteiger partial charge in [-0.15, -0.1) is 15.3 Å². The number of aliphatic hydroxyl groups excluding tert-OH is 1. The van der Waals surface area contributed by atoms with E-state index in [-0.39, 0.29) is 24.5 Å². The number of nitriles is 1. The van der Waals surface area contributed by atoms with E-state index in [0.717, 1.165) is 0 Å². The average molecular weight is 394 g/mol. The SMILES string of the molecule is CNc1nc(NC)c(N=Nc2nn(-c3ncccn3)cc2C#N)c(NCCO)n1. The number of anilines is 3. The Morgan fingerprint density at radius 2 is 1.90 bits per heavy atom. The van der Waals surface area contributed by atoms with Crippen LogP contribution in [0.15, 0.2) is 34.9 Å². The van der Waals surface area contributed by atoms with Gasteiger partial charge in [-0.05, 0) is 6.07 Å². The third-order valence-electron chi connectivity index (χ3n) is 3.57. The zero-order valence-corrected chi connectivity index (χ0v) is 15.7. The highest BCUT2D eigenvalue weighted by Crippen LogP contribution is 2.33. The molecule has 148 valence electrons. The van der Waals surface area contributed by atoms with E-state index in [1.807, 2.05) is 6.07 Å².